The zero-order valence-electron chi connectivity index (χ0n) is 14.4. The Kier molecular flexibility index (Phi) is 6.30. The highest BCUT2D eigenvalue weighted by molar-refractivity contribution is 6.30. The van der Waals surface area contributed by atoms with Crippen LogP contribution in [-0.4, -0.2) is 22.7 Å². The van der Waals surface area contributed by atoms with Gasteiger partial charge >= 0.3 is 12.1 Å². The number of ether oxygens (including phenoxy) is 1. The number of carboxylic acid groups (broad SMARTS) is 1. The maximum Gasteiger partial charge on any atom is 0.417 e. The zero-order valence-corrected chi connectivity index (χ0v) is 15.2. The maximum atomic E-state index is 13.7. The van der Waals surface area contributed by atoms with E-state index in [1.54, 1.807) is 0 Å². The van der Waals surface area contributed by atoms with Gasteiger partial charge in [0.05, 0.1) is 22.9 Å². The predicted molar refractivity (Wildman–Crippen MR) is 91.6 cm³/mol. The van der Waals surface area contributed by atoms with Gasteiger partial charge in [0, 0.05) is 5.56 Å². The third kappa shape index (κ3) is 5.09. The first-order chi connectivity index (χ1) is 12.5. The van der Waals surface area contributed by atoms with Crippen LogP contribution in [-0.2, 0) is 6.18 Å². The second-order valence-corrected chi connectivity index (χ2v) is 6.61. The van der Waals surface area contributed by atoms with E-state index in [0.717, 1.165) is 6.07 Å². The molecule has 9 heteroatoms. The molecule has 0 fully saturated rings. The smallest absolute Gasteiger partial charge is 0.417 e. The maximum absolute atomic E-state index is 13.7. The Balaban J connectivity index is 2.64. The number of rotatable bonds is 6. The number of pyridine rings is 1. The minimum Gasteiger partial charge on any atom is -0.477 e. The van der Waals surface area contributed by atoms with Crippen molar-refractivity contribution in [2.75, 3.05) is 6.61 Å². The van der Waals surface area contributed by atoms with Gasteiger partial charge in [0.2, 0.25) is 5.88 Å². The number of hydrogen-bond donors (Lipinski definition) is 1. The molecule has 0 saturated carbocycles. The molecule has 0 unspecified atom stereocenters. The van der Waals surface area contributed by atoms with E-state index in [9.17, 15) is 27.5 Å². The van der Waals surface area contributed by atoms with Crippen LogP contribution >= 0.6 is 11.6 Å². The Labute approximate surface area is 157 Å². The number of alkyl halides is 3. The summed E-state index contributed by atoms with van der Waals surface area (Å²) in [5.41, 5.74) is -2.77. The topological polar surface area (TPSA) is 59.4 Å². The van der Waals surface area contributed by atoms with Crippen molar-refractivity contribution in [2.45, 2.75) is 26.4 Å². The molecule has 0 atom stereocenters. The van der Waals surface area contributed by atoms with E-state index in [2.05, 4.69) is 4.98 Å². The van der Waals surface area contributed by atoms with E-state index in [-0.39, 0.29) is 28.8 Å². The summed E-state index contributed by atoms with van der Waals surface area (Å²) in [6, 6.07) is 3.93. The molecule has 2 rings (SSSR count). The van der Waals surface area contributed by atoms with Crippen LogP contribution in [0.25, 0.3) is 11.3 Å². The van der Waals surface area contributed by atoms with Crippen LogP contribution in [0.1, 0.15) is 36.2 Å². The summed E-state index contributed by atoms with van der Waals surface area (Å²) >= 11 is 5.59. The van der Waals surface area contributed by atoms with Gasteiger partial charge < -0.3 is 9.84 Å². The number of benzene rings is 1. The van der Waals surface area contributed by atoms with E-state index in [4.69, 9.17) is 16.3 Å². The van der Waals surface area contributed by atoms with Crippen LogP contribution in [0.5, 0.6) is 5.88 Å². The molecule has 27 heavy (non-hydrogen) atoms. The summed E-state index contributed by atoms with van der Waals surface area (Å²) in [7, 11) is 0. The first-order valence-electron chi connectivity index (χ1n) is 7.94. The van der Waals surface area contributed by atoms with Gasteiger partial charge in [-0.1, -0.05) is 31.5 Å². The molecular weight excluding hydrogens is 390 g/mol. The highest BCUT2D eigenvalue weighted by Gasteiger charge is 2.38. The lowest BCUT2D eigenvalue weighted by Crippen LogP contribution is -2.17. The van der Waals surface area contributed by atoms with Crippen LogP contribution in [0.4, 0.5) is 17.6 Å². The molecule has 0 amide bonds. The van der Waals surface area contributed by atoms with Crippen LogP contribution in [0.15, 0.2) is 24.3 Å². The van der Waals surface area contributed by atoms with E-state index < -0.39 is 35.0 Å². The second kappa shape index (κ2) is 8.12. The number of carboxylic acids is 1. The van der Waals surface area contributed by atoms with Crippen molar-refractivity contribution in [3.05, 3.63) is 46.2 Å². The average Bonchev–Trinajstić information content (AvgIpc) is 2.55. The van der Waals surface area contributed by atoms with Gasteiger partial charge in [-0.2, -0.15) is 13.2 Å². The number of aromatic nitrogens is 1. The largest absolute Gasteiger partial charge is 0.477 e. The van der Waals surface area contributed by atoms with E-state index >= 15 is 0 Å². The molecule has 0 bridgehead atoms. The summed E-state index contributed by atoms with van der Waals surface area (Å²) < 4.78 is 59.3. The monoisotopic (exact) mass is 405 g/mol. The molecule has 0 saturated heterocycles. The number of nitrogens with zero attached hydrogens (tertiary/aromatic N) is 1. The van der Waals surface area contributed by atoms with E-state index in [1.165, 1.54) is 12.1 Å². The summed E-state index contributed by atoms with van der Waals surface area (Å²) in [5.74, 6) is -3.13. The van der Waals surface area contributed by atoms with Gasteiger partial charge in [-0.15, -0.1) is 0 Å². The number of hydrogen-bond acceptors (Lipinski definition) is 3. The van der Waals surface area contributed by atoms with Gasteiger partial charge in [0.1, 0.15) is 11.4 Å². The summed E-state index contributed by atoms with van der Waals surface area (Å²) in [5, 5.41) is 9.06. The molecule has 1 aromatic heterocycles. The van der Waals surface area contributed by atoms with Crippen molar-refractivity contribution in [1.29, 1.82) is 0 Å². The molecule has 0 spiro atoms. The zero-order chi connectivity index (χ0) is 20.4. The molecule has 0 radical (unpaired) electrons. The fraction of sp³-hybridized carbons (Fsp3) is 0.333. The molecule has 4 nitrogen and oxygen atoms in total. The summed E-state index contributed by atoms with van der Waals surface area (Å²) in [6.45, 7) is 3.74. The number of carbonyl (C=O) groups is 1. The Morgan fingerprint density at radius 3 is 2.48 bits per heavy atom. The molecule has 0 aliphatic heterocycles. The van der Waals surface area contributed by atoms with Crippen LogP contribution in [0, 0.1) is 11.7 Å². The van der Waals surface area contributed by atoms with Gasteiger partial charge in [-0.05, 0) is 30.5 Å². The van der Waals surface area contributed by atoms with Crippen molar-refractivity contribution in [3.63, 3.8) is 0 Å². The lowest BCUT2D eigenvalue weighted by molar-refractivity contribution is -0.138. The third-order valence-corrected chi connectivity index (χ3v) is 3.96. The van der Waals surface area contributed by atoms with Gasteiger partial charge in [-0.25, -0.2) is 14.2 Å². The van der Waals surface area contributed by atoms with Crippen LogP contribution in [0.2, 0.25) is 5.02 Å². The van der Waals surface area contributed by atoms with E-state index in [0.29, 0.717) is 12.5 Å². The molecule has 1 heterocycles. The quantitative estimate of drug-likeness (QED) is 0.628. The lowest BCUT2D eigenvalue weighted by atomic mass is 10.0. The van der Waals surface area contributed by atoms with Gasteiger partial charge in [0.15, 0.2) is 0 Å². The molecule has 0 aliphatic rings. The first-order valence-corrected chi connectivity index (χ1v) is 8.32. The molecule has 1 aromatic carbocycles. The fourth-order valence-corrected chi connectivity index (χ4v) is 2.37. The fourth-order valence-electron chi connectivity index (χ4n) is 2.25. The Morgan fingerprint density at radius 1 is 1.30 bits per heavy atom. The van der Waals surface area contributed by atoms with Crippen molar-refractivity contribution < 1.29 is 32.2 Å². The van der Waals surface area contributed by atoms with Gasteiger partial charge in [0.25, 0.3) is 0 Å². The highest BCUT2D eigenvalue weighted by atomic mass is 35.5. The van der Waals surface area contributed by atoms with Crippen molar-refractivity contribution >= 4 is 17.6 Å². The minimum atomic E-state index is -4.97. The molecular formula is C18H16ClF4NO3. The number of aromatic carboxylic acids is 1. The Bertz CT molecular complexity index is 853. The molecule has 1 N–H and O–H groups in total. The predicted octanol–water partition coefficient (Wildman–Crippen LogP) is 5.68. The van der Waals surface area contributed by atoms with Crippen LogP contribution in [0.3, 0.4) is 0 Å². The average molecular weight is 406 g/mol. The van der Waals surface area contributed by atoms with Gasteiger partial charge in [-0.3, -0.25) is 0 Å². The summed E-state index contributed by atoms with van der Waals surface area (Å²) in [4.78, 5) is 15.3. The Morgan fingerprint density at radius 2 is 1.96 bits per heavy atom. The van der Waals surface area contributed by atoms with Crippen LogP contribution < -0.4 is 4.74 Å². The SMILES string of the molecule is CC(C)CCOc1nc(-c2ccc(Cl)c(F)c2)cc(C(F)(F)F)c1C(=O)O. The first kappa shape index (κ1) is 21.0. The summed E-state index contributed by atoms with van der Waals surface area (Å²) in [6.07, 6.45) is -4.48. The molecule has 2 aromatic rings. The Hall–Kier alpha value is -2.35. The highest BCUT2D eigenvalue weighted by Crippen LogP contribution is 2.38. The standard InChI is InChI=1S/C18H16ClF4NO3/c1-9(2)5-6-27-16-15(17(25)26)11(18(21,22)23)8-14(24-16)10-3-4-12(19)13(20)7-10/h3-4,7-9H,5-6H2,1-2H3,(H,25,26). The molecule has 0 aliphatic carbocycles. The third-order valence-electron chi connectivity index (χ3n) is 3.65. The van der Waals surface area contributed by atoms with Crippen molar-refractivity contribution in [1.82, 2.24) is 4.98 Å². The van der Waals surface area contributed by atoms with E-state index in [1.807, 2.05) is 13.8 Å². The lowest BCUT2D eigenvalue weighted by Gasteiger charge is -2.17. The van der Waals surface area contributed by atoms with Crippen molar-refractivity contribution in [2.24, 2.45) is 5.92 Å². The molecule has 146 valence electrons. The van der Waals surface area contributed by atoms with Crippen molar-refractivity contribution in [3.8, 4) is 17.1 Å². The second-order valence-electron chi connectivity index (χ2n) is 6.20. The normalized spacial score (nSPS) is 11.7. The minimum absolute atomic E-state index is 0.00745. The number of halogens is 5.